The molecular weight excluding hydrogens is 392 g/mol. The zero-order valence-electron chi connectivity index (χ0n) is 21.9. The maximum atomic E-state index is 10.8. The smallest absolute Gasteiger partial charge is 0.0597 e. The van der Waals surface area contributed by atoms with Gasteiger partial charge in [-0.1, -0.05) is 66.2 Å². The Balaban J connectivity index is 1.59. The molecule has 32 heavy (non-hydrogen) atoms. The Morgan fingerprint density at radius 3 is 2.28 bits per heavy atom. The van der Waals surface area contributed by atoms with E-state index in [2.05, 4.69) is 60.6 Å². The van der Waals surface area contributed by atoms with Crippen molar-refractivity contribution >= 4 is 0 Å². The molecule has 5 rings (SSSR count). The van der Waals surface area contributed by atoms with Crippen LogP contribution in [0.25, 0.3) is 0 Å². The molecule has 2 heteroatoms. The Morgan fingerprint density at radius 1 is 0.906 bits per heavy atom. The average Bonchev–Trinajstić information content (AvgIpc) is 2.74. The maximum absolute atomic E-state index is 10.8. The number of allylic oxidation sites excluding steroid dienone is 4. The van der Waals surface area contributed by atoms with Crippen LogP contribution in [0.2, 0.25) is 0 Å². The van der Waals surface area contributed by atoms with Crippen molar-refractivity contribution in [1.29, 1.82) is 0 Å². The summed E-state index contributed by atoms with van der Waals surface area (Å²) in [5, 5.41) is 21.1. The Labute approximate surface area is 197 Å². The minimum atomic E-state index is -0.203. The topological polar surface area (TPSA) is 40.5 Å². The first-order chi connectivity index (χ1) is 14.8. The zero-order valence-corrected chi connectivity index (χ0v) is 21.9. The van der Waals surface area contributed by atoms with Gasteiger partial charge in [-0.3, -0.25) is 0 Å². The van der Waals surface area contributed by atoms with Crippen LogP contribution < -0.4 is 0 Å². The molecule has 5 aliphatic carbocycles. The zero-order chi connectivity index (χ0) is 23.4. The highest BCUT2D eigenvalue weighted by Gasteiger charge is 2.65. The minimum absolute atomic E-state index is 0.0683. The van der Waals surface area contributed by atoms with E-state index in [9.17, 15) is 10.2 Å². The van der Waals surface area contributed by atoms with Crippen LogP contribution >= 0.6 is 0 Å². The molecule has 0 aromatic heterocycles. The summed E-state index contributed by atoms with van der Waals surface area (Å²) in [4.78, 5) is 0. The first-order valence-corrected chi connectivity index (χ1v) is 13.5. The number of rotatable bonds is 1. The third-order valence-corrected chi connectivity index (χ3v) is 12.7. The van der Waals surface area contributed by atoms with Crippen molar-refractivity contribution < 1.29 is 10.2 Å². The Morgan fingerprint density at radius 2 is 1.59 bits per heavy atom. The van der Waals surface area contributed by atoms with Gasteiger partial charge in [0.05, 0.1) is 6.10 Å². The molecule has 180 valence electrons. The van der Waals surface area contributed by atoms with Gasteiger partial charge in [-0.25, -0.2) is 0 Å². The number of fused-ring (bicyclic) bond motifs is 6. The molecule has 0 aromatic rings. The normalized spacial score (nSPS) is 54.3. The summed E-state index contributed by atoms with van der Waals surface area (Å²) in [6.07, 6.45) is 15.6. The average molecular weight is 441 g/mol. The fourth-order valence-electron chi connectivity index (χ4n) is 9.85. The van der Waals surface area contributed by atoms with Crippen LogP contribution in [0.15, 0.2) is 23.3 Å². The number of aliphatic hydroxyl groups excluding tert-OH is 2. The Hall–Kier alpha value is -0.600. The predicted molar refractivity (Wildman–Crippen MR) is 132 cm³/mol. The van der Waals surface area contributed by atoms with E-state index in [4.69, 9.17) is 0 Å². The van der Waals surface area contributed by atoms with Crippen LogP contribution in [0.5, 0.6) is 0 Å². The molecule has 3 saturated carbocycles. The van der Waals surface area contributed by atoms with Crippen molar-refractivity contribution in [3.8, 4) is 0 Å². The predicted octanol–water partition coefficient (Wildman–Crippen LogP) is 7.06. The highest BCUT2D eigenvalue weighted by atomic mass is 16.3. The molecule has 0 saturated heterocycles. The molecule has 2 N–H and O–H groups in total. The molecule has 0 heterocycles. The molecular formula is C30H48O2. The molecule has 0 aliphatic heterocycles. The first kappa shape index (κ1) is 23.2. The van der Waals surface area contributed by atoms with E-state index >= 15 is 0 Å². The van der Waals surface area contributed by atoms with E-state index in [1.54, 1.807) is 11.1 Å². The van der Waals surface area contributed by atoms with Crippen molar-refractivity contribution in [2.45, 2.75) is 112 Å². The Kier molecular flexibility index (Phi) is 4.88. The van der Waals surface area contributed by atoms with Crippen LogP contribution in [0.3, 0.4) is 0 Å². The Bertz CT molecular complexity index is 868. The van der Waals surface area contributed by atoms with Gasteiger partial charge < -0.3 is 10.2 Å². The van der Waals surface area contributed by atoms with Crippen molar-refractivity contribution in [2.24, 2.45) is 44.3 Å². The van der Waals surface area contributed by atoms with Crippen LogP contribution in [0, 0.1) is 44.3 Å². The van der Waals surface area contributed by atoms with Gasteiger partial charge in [0.2, 0.25) is 0 Å². The van der Waals surface area contributed by atoms with E-state index < -0.39 is 0 Å². The lowest BCUT2D eigenvalue weighted by atomic mass is 9.36. The van der Waals surface area contributed by atoms with E-state index in [1.807, 2.05) is 0 Å². The van der Waals surface area contributed by atoms with Gasteiger partial charge in [0, 0.05) is 6.61 Å². The number of aliphatic hydroxyl groups is 2. The summed E-state index contributed by atoms with van der Waals surface area (Å²) in [5.74, 6) is 1.10. The number of hydrogen-bond acceptors (Lipinski definition) is 2. The monoisotopic (exact) mass is 440 g/mol. The summed E-state index contributed by atoms with van der Waals surface area (Å²) >= 11 is 0. The largest absolute Gasteiger partial charge is 0.396 e. The molecule has 0 bridgehead atoms. The van der Waals surface area contributed by atoms with Crippen LogP contribution in [0.4, 0.5) is 0 Å². The van der Waals surface area contributed by atoms with Crippen molar-refractivity contribution in [3.05, 3.63) is 23.3 Å². The second kappa shape index (κ2) is 6.75. The van der Waals surface area contributed by atoms with E-state index in [0.29, 0.717) is 23.9 Å². The SMILES string of the molecule is CC1(CO)CCC2(C)CCC3(C)C4=C(CCC3(C)C2C1)C1(C)CCC(O)C(C)(C)C1C=C4. The molecule has 0 aromatic carbocycles. The van der Waals surface area contributed by atoms with Gasteiger partial charge in [0.25, 0.3) is 0 Å². The first-order valence-electron chi connectivity index (χ1n) is 13.5. The van der Waals surface area contributed by atoms with Gasteiger partial charge in [-0.2, -0.15) is 0 Å². The minimum Gasteiger partial charge on any atom is -0.396 e. The molecule has 5 aliphatic rings. The molecule has 3 fully saturated rings. The standard InChI is InChI=1S/C30H48O2/c1-25(2)22-9-8-21-20(28(22,5)12-11-24(25)32)10-13-30(7)23-18-26(3,19-31)14-15-27(23,4)16-17-29(21,30)6/h8-9,22-24,31-32H,10-19H2,1-7H3. The van der Waals surface area contributed by atoms with Gasteiger partial charge in [-0.15, -0.1) is 0 Å². The van der Waals surface area contributed by atoms with Crippen LogP contribution in [0.1, 0.15) is 106 Å². The van der Waals surface area contributed by atoms with Gasteiger partial charge in [0.15, 0.2) is 0 Å². The third kappa shape index (κ3) is 2.72. The summed E-state index contributed by atoms with van der Waals surface area (Å²) in [7, 11) is 0. The second-order valence-corrected chi connectivity index (χ2v) is 14.7. The lowest BCUT2D eigenvalue weighted by Gasteiger charge is -2.69. The van der Waals surface area contributed by atoms with E-state index in [-0.39, 0.29) is 33.2 Å². The van der Waals surface area contributed by atoms with Gasteiger partial charge in [-0.05, 0) is 108 Å². The molecule has 0 amide bonds. The lowest BCUT2D eigenvalue weighted by Crippen LogP contribution is -2.60. The second-order valence-electron chi connectivity index (χ2n) is 14.7. The highest BCUT2D eigenvalue weighted by Crippen LogP contribution is 2.74. The van der Waals surface area contributed by atoms with Crippen molar-refractivity contribution in [3.63, 3.8) is 0 Å². The van der Waals surface area contributed by atoms with Crippen LogP contribution in [-0.4, -0.2) is 22.9 Å². The summed E-state index contributed by atoms with van der Waals surface area (Å²) < 4.78 is 0. The lowest BCUT2D eigenvalue weighted by molar-refractivity contribution is -0.154. The van der Waals surface area contributed by atoms with Gasteiger partial charge in [0.1, 0.15) is 0 Å². The summed E-state index contributed by atoms with van der Waals surface area (Å²) in [6.45, 7) is 17.5. The maximum Gasteiger partial charge on any atom is 0.0597 e. The molecule has 8 atom stereocenters. The third-order valence-electron chi connectivity index (χ3n) is 12.7. The number of hydrogen-bond donors (Lipinski definition) is 2. The summed E-state index contributed by atoms with van der Waals surface area (Å²) in [5.41, 5.74) is 4.51. The molecule has 0 spiro atoms. The van der Waals surface area contributed by atoms with E-state index in [1.165, 1.54) is 44.9 Å². The molecule has 8 unspecified atom stereocenters. The van der Waals surface area contributed by atoms with Crippen molar-refractivity contribution in [2.75, 3.05) is 6.61 Å². The van der Waals surface area contributed by atoms with Gasteiger partial charge >= 0.3 is 0 Å². The van der Waals surface area contributed by atoms with E-state index in [0.717, 1.165) is 12.8 Å². The fourth-order valence-corrected chi connectivity index (χ4v) is 9.85. The van der Waals surface area contributed by atoms with Crippen molar-refractivity contribution in [1.82, 2.24) is 0 Å². The molecule has 0 radical (unpaired) electrons. The van der Waals surface area contributed by atoms with Crippen LogP contribution in [-0.2, 0) is 0 Å². The molecule has 2 nitrogen and oxygen atoms in total. The quantitative estimate of drug-likeness (QED) is 0.458. The summed E-state index contributed by atoms with van der Waals surface area (Å²) in [6, 6.07) is 0. The highest BCUT2D eigenvalue weighted by molar-refractivity contribution is 5.46. The fraction of sp³-hybridized carbons (Fsp3) is 0.867.